The molecular weight excluding hydrogens is 454 g/mol. The molecule has 0 unspecified atom stereocenters. The van der Waals surface area contributed by atoms with Crippen molar-refractivity contribution in [2.45, 2.75) is 18.4 Å². The molecule has 2 heterocycles. The topological polar surface area (TPSA) is 93.0 Å². The number of halogens is 1. The third kappa shape index (κ3) is 4.64. The van der Waals surface area contributed by atoms with Crippen molar-refractivity contribution >= 4 is 27.5 Å². The molecule has 1 aromatic heterocycles. The Bertz CT molecular complexity index is 1190. The van der Waals surface area contributed by atoms with Gasteiger partial charge in [-0.15, -0.1) is 0 Å². The Hall–Kier alpha value is -2.88. The zero-order chi connectivity index (χ0) is 22.7. The molecule has 1 fully saturated rings. The molecule has 0 atom stereocenters. The first-order valence-corrected chi connectivity index (χ1v) is 11.9. The van der Waals surface area contributed by atoms with E-state index in [1.54, 1.807) is 66.4 Å². The van der Waals surface area contributed by atoms with Crippen molar-refractivity contribution in [1.29, 1.82) is 0 Å². The second-order valence-electron chi connectivity index (χ2n) is 7.32. The third-order valence-electron chi connectivity index (χ3n) is 5.29. The minimum Gasteiger partial charge on any atom is -0.489 e. The van der Waals surface area contributed by atoms with Gasteiger partial charge in [-0.3, -0.25) is 4.79 Å². The van der Waals surface area contributed by atoms with Gasteiger partial charge < -0.3 is 14.2 Å². The molecule has 1 aliphatic heterocycles. The lowest BCUT2D eigenvalue weighted by Crippen LogP contribution is -2.50. The molecule has 1 aliphatic rings. The zero-order valence-corrected chi connectivity index (χ0v) is 19.0. The lowest BCUT2D eigenvalue weighted by molar-refractivity contribution is 0.0685. The number of hydrogen-bond acceptors (Lipinski definition) is 6. The van der Waals surface area contributed by atoms with E-state index >= 15 is 0 Å². The second kappa shape index (κ2) is 9.32. The first-order valence-electron chi connectivity index (χ1n) is 10.0. The number of hydrogen-bond donors (Lipinski definition) is 0. The van der Waals surface area contributed by atoms with Gasteiger partial charge in [0, 0.05) is 31.2 Å². The van der Waals surface area contributed by atoms with Gasteiger partial charge in [0.1, 0.15) is 18.1 Å². The summed E-state index contributed by atoms with van der Waals surface area (Å²) in [7, 11) is -3.59. The average Bonchev–Trinajstić information content (AvgIpc) is 3.19. The molecule has 0 radical (unpaired) electrons. The highest BCUT2D eigenvalue weighted by Gasteiger charge is 2.32. The second-order valence-corrected chi connectivity index (χ2v) is 9.69. The van der Waals surface area contributed by atoms with E-state index < -0.39 is 10.0 Å². The molecule has 10 heteroatoms. The number of rotatable bonds is 6. The summed E-state index contributed by atoms with van der Waals surface area (Å²) >= 11 is 5.89. The van der Waals surface area contributed by atoms with Gasteiger partial charge in [-0.2, -0.15) is 4.31 Å². The lowest BCUT2D eigenvalue weighted by Gasteiger charge is -2.33. The number of aryl methyl sites for hydroxylation is 1. The molecule has 4 rings (SSSR count). The van der Waals surface area contributed by atoms with E-state index in [4.69, 9.17) is 20.9 Å². The third-order valence-corrected chi connectivity index (χ3v) is 7.46. The number of sulfonamides is 1. The van der Waals surface area contributed by atoms with Crippen LogP contribution in [0.3, 0.4) is 0 Å². The van der Waals surface area contributed by atoms with Gasteiger partial charge >= 0.3 is 0 Å². The van der Waals surface area contributed by atoms with Gasteiger partial charge in [0.25, 0.3) is 5.91 Å². The molecule has 0 saturated carbocycles. The summed E-state index contributed by atoms with van der Waals surface area (Å²) in [5.41, 5.74) is 0.736. The molecule has 1 amide bonds. The maximum atomic E-state index is 13.1. The summed E-state index contributed by atoms with van der Waals surface area (Å²) in [4.78, 5) is 14.9. The van der Waals surface area contributed by atoms with Crippen LogP contribution in [-0.2, 0) is 16.6 Å². The smallest absolute Gasteiger partial charge is 0.276 e. The van der Waals surface area contributed by atoms with E-state index in [2.05, 4.69) is 5.16 Å². The first-order chi connectivity index (χ1) is 15.4. The van der Waals surface area contributed by atoms with Crippen molar-refractivity contribution in [2.24, 2.45) is 0 Å². The van der Waals surface area contributed by atoms with Crippen LogP contribution in [-0.4, -0.2) is 54.9 Å². The van der Waals surface area contributed by atoms with Gasteiger partial charge in [-0.25, -0.2) is 8.42 Å². The first kappa shape index (κ1) is 22.3. The molecule has 8 nitrogen and oxygen atoms in total. The Labute approximate surface area is 191 Å². The lowest BCUT2D eigenvalue weighted by atomic mass is 10.1. The van der Waals surface area contributed by atoms with Crippen molar-refractivity contribution in [3.8, 4) is 5.75 Å². The Morgan fingerprint density at radius 1 is 1.06 bits per heavy atom. The van der Waals surface area contributed by atoms with Crippen LogP contribution in [0, 0.1) is 6.92 Å². The van der Waals surface area contributed by atoms with E-state index in [9.17, 15) is 13.2 Å². The maximum Gasteiger partial charge on any atom is 0.276 e. The quantitative estimate of drug-likeness (QED) is 0.542. The number of piperazine rings is 1. The number of carbonyl (C=O) groups excluding carboxylic acids is 1. The van der Waals surface area contributed by atoms with Gasteiger partial charge in [0.2, 0.25) is 10.0 Å². The number of ether oxygens (including phenoxy) is 1. The number of nitrogens with zero attached hydrogens (tertiary/aromatic N) is 3. The van der Waals surface area contributed by atoms with Crippen LogP contribution in [0.4, 0.5) is 0 Å². The molecule has 0 aliphatic carbocycles. The van der Waals surface area contributed by atoms with Crippen molar-refractivity contribution in [3.05, 3.63) is 76.6 Å². The average molecular weight is 476 g/mol. The SMILES string of the molecule is Cc1onc(C(=O)N2CCN(S(=O)(=O)c3ccccc3)CC2)c1COc1ccc(Cl)cc1. The molecule has 0 N–H and O–H groups in total. The van der Waals surface area contributed by atoms with Crippen molar-refractivity contribution < 1.29 is 22.5 Å². The molecule has 0 spiro atoms. The van der Waals surface area contributed by atoms with E-state index in [0.717, 1.165) is 0 Å². The highest BCUT2D eigenvalue weighted by atomic mass is 35.5. The number of carbonyl (C=O) groups is 1. The van der Waals surface area contributed by atoms with Crippen LogP contribution < -0.4 is 4.74 Å². The maximum absolute atomic E-state index is 13.1. The van der Waals surface area contributed by atoms with Crippen LogP contribution in [0.2, 0.25) is 5.02 Å². The number of benzene rings is 2. The zero-order valence-electron chi connectivity index (χ0n) is 17.4. The fourth-order valence-corrected chi connectivity index (χ4v) is 5.01. The monoisotopic (exact) mass is 475 g/mol. The van der Waals surface area contributed by atoms with Crippen LogP contribution in [0.1, 0.15) is 21.8 Å². The molecule has 3 aromatic rings. The molecule has 0 bridgehead atoms. The number of amides is 1. The molecule has 168 valence electrons. The Morgan fingerprint density at radius 2 is 1.72 bits per heavy atom. The van der Waals surface area contributed by atoms with E-state index in [1.807, 2.05) is 0 Å². The van der Waals surface area contributed by atoms with E-state index in [-0.39, 0.29) is 49.3 Å². The van der Waals surface area contributed by atoms with Crippen LogP contribution >= 0.6 is 11.6 Å². The summed E-state index contributed by atoms with van der Waals surface area (Å²) < 4.78 is 38.0. The fraction of sp³-hybridized carbons (Fsp3) is 0.273. The normalized spacial score (nSPS) is 15.0. The molecular formula is C22H22ClN3O5S. The predicted molar refractivity (Wildman–Crippen MR) is 118 cm³/mol. The van der Waals surface area contributed by atoms with Crippen LogP contribution in [0.15, 0.2) is 64.0 Å². The Kier molecular flexibility index (Phi) is 6.50. The Balaban J connectivity index is 1.42. The summed E-state index contributed by atoms with van der Waals surface area (Å²) in [6.07, 6.45) is 0. The van der Waals surface area contributed by atoms with Crippen molar-refractivity contribution in [3.63, 3.8) is 0 Å². The van der Waals surface area contributed by atoms with E-state index in [1.165, 1.54) is 4.31 Å². The summed E-state index contributed by atoms with van der Waals surface area (Å²) in [5, 5.41) is 4.53. The van der Waals surface area contributed by atoms with Gasteiger partial charge in [-0.1, -0.05) is 35.0 Å². The fourth-order valence-electron chi connectivity index (χ4n) is 3.44. The van der Waals surface area contributed by atoms with Crippen molar-refractivity contribution in [1.82, 2.24) is 14.4 Å². The van der Waals surface area contributed by atoms with E-state index in [0.29, 0.717) is 22.1 Å². The molecule has 1 saturated heterocycles. The summed E-state index contributed by atoms with van der Waals surface area (Å²) in [6, 6.07) is 15.2. The predicted octanol–water partition coefficient (Wildman–Crippen LogP) is 3.36. The van der Waals surface area contributed by atoms with Crippen molar-refractivity contribution in [2.75, 3.05) is 26.2 Å². The largest absolute Gasteiger partial charge is 0.489 e. The molecule has 2 aromatic carbocycles. The van der Waals surface area contributed by atoms with Gasteiger partial charge in [-0.05, 0) is 43.3 Å². The minimum atomic E-state index is -3.59. The summed E-state index contributed by atoms with van der Waals surface area (Å²) in [6.45, 7) is 2.75. The van der Waals surface area contributed by atoms with Gasteiger partial charge in [0.15, 0.2) is 5.69 Å². The number of aromatic nitrogens is 1. The standard InChI is InChI=1S/C22H22ClN3O5S/c1-16-20(15-30-18-9-7-17(23)8-10-18)21(24-31-16)22(27)25-11-13-26(14-12-25)32(28,29)19-5-3-2-4-6-19/h2-10H,11-15H2,1H3. The summed E-state index contributed by atoms with van der Waals surface area (Å²) in [5.74, 6) is 0.786. The minimum absolute atomic E-state index is 0.111. The van der Waals surface area contributed by atoms with Crippen LogP contribution in [0.5, 0.6) is 5.75 Å². The highest BCUT2D eigenvalue weighted by molar-refractivity contribution is 7.89. The Morgan fingerprint density at radius 3 is 2.38 bits per heavy atom. The molecule has 32 heavy (non-hydrogen) atoms. The van der Waals surface area contributed by atoms with Crippen LogP contribution in [0.25, 0.3) is 0 Å². The highest BCUT2D eigenvalue weighted by Crippen LogP contribution is 2.22. The van der Waals surface area contributed by atoms with Gasteiger partial charge in [0.05, 0.1) is 10.5 Å².